The first-order valence-electron chi connectivity index (χ1n) is 14.7. The van der Waals surface area contributed by atoms with E-state index in [0.29, 0.717) is 42.0 Å². The fraction of sp³-hybridized carbons (Fsp3) is 0.294. The van der Waals surface area contributed by atoms with Crippen LogP contribution in [0.5, 0.6) is 17.2 Å². The molecule has 0 aliphatic rings. The normalized spacial score (nSPS) is 11.1. The number of benzene rings is 3. The highest BCUT2D eigenvalue weighted by atomic mass is 16.5. The molecule has 45 heavy (non-hydrogen) atoms. The number of aromatic nitrogens is 4. The van der Waals surface area contributed by atoms with Crippen molar-refractivity contribution in [2.24, 2.45) is 0 Å². The highest BCUT2D eigenvalue weighted by Crippen LogP contribution is 2.34. The molecule has 0 spiro atoms. The molecule has 1 N–H and O–H groups in total. The summed E-state index contributed by atoms with van der Waals surface area (Å²) in [5, 5.41) is 7.99. The van der Waals surface area contributed by atoms with E-state index >= 15 is 0 Å². The minimum absolute atomic E-state index is 0.365. The van der Waals surface area contributed by atoms with Gasteiger partial charge >= 0.3 is 5.97 Å². The number of anilines is 2. The van der Waals surface area contributed by atoms with Gasteiger partial charge in [0.25, 0.3) is 0 Å². The highest BCUT2D eigenvalue weighted by molar-refractivity contribution is 5.89. The molecule has 0 unspecified atom stereocenters. The molecule has 2 aromatic heterocycles. The highest BCUT2D eigenvalue weighted by Gasteiger charge is 2.15. The first-order valence-corrected chi connectivity index (χ1v) is 14.7. The van der Waals surface area contributed by atoms with Crippen molar-refractivity contribution in [3.63, 3.8) is 0 Å². The number of carbonyl (C=O) groups excluding carboxylic acids is 1. The van der Waals surface area contributed by atoms with E-state index < -0.39 is 0 Å². The number of hydrogen-bond donors (Lipinski definition) is 1. The molecule has 234 valence electrons. The molecule has 3 aromatic carbocycles. The summed E-state index contributed by atoms with van der Waals surface area (Å²) in [4.78, 5) is 23.5. The lowest BCUT2D eigenvalue weighted by Gasteiger charge is -2.27. The van der Waals surface area contributed by atoms with Crippen molar-refractivity contribution in [2.75, 3.05) is 45.9 Å². The summed E-state index contributed by atoms with van der Waals surface area (Å²) in [6.45, 7) is 6.70. The number of rotatable bonds is 14. The minimum Gasteiger partial charge on any atom is -0.497 e. The molecule has 0 aliphatic carbocycles. The summed E-state index contributed by atoms with van der Waals surface area (Å²) in [5.41, 5.74) is 5.54. The van der Waals surface area contributed by atoms with Crippen LogP contribution in [0.15, 0.2) is 79.3 Å². The number of nitrogens with zero attached hydrogens (tertiary/aromatic N) is 5. The molecular formula is C34H38N6O5. The largest absolute Gasteiger partial charge is 0.497 e. The summed E-state index contributed by atoms with van der Waals surface area (Å²) in [5.74, 6) is 1.71. The van der Waals surface area contributed by atoms with Gasteiger partial charge in [-0.3, -0.25) is 9.67 Å². The second kappa shape index (κ2) is 14.5. The van der Waals surface area contributed by atoms with Gasteiger partial charge in [0.1, 0.15) is 23.9 Å². The van der Waals surface area contributed by atoms with Gasteiger partial charge in [-0.05, 0) is 42.5 Å². The van der Waals surface area contributed by atoms with Gasteiger partial charge < -0.3 is 29.2 Å². The number of esters is 1. The van der Waals surface area contributed by atoms with Crippen LogP contribution in [0, 0.1) is 0 Å². The Morgan fingerprint density at radius 2 is 1.64 bits per heavy atom. The van der Waals surface area contributed by atoms with Gasteiger partial charge in [-0.15, -0.1) is 0 Å². The van der Waals surface area contributed by atoms with E-state index in [0.717, 1.165) is 46.8 Å². The molecular weight excluding hydrogens is 572 g/mol. The van der Waals surface area contributed by atoms with Crippen LogP contribution < -0.4 is 24.4 Å². The van der Waals surface area contributed by atoms with Gasteiger partial charge in [0, 0.05) is 60.5 Å². The van der Waals surface area contributed by atoms with Crippen LogP contribution in [-0.2, 0) is 11.3 Å². The molecule has 5 rings (SSSR count). The molecule has 0 atom stereocenters. The maximum atomic E-state index is 11.6. The van der Waals surface area contributed by atoms with E-state index in [9.17, 15) is 4.79 Å². The van der Waals surface area contributed by atoms with Crippen LogP contribution in [0.4, 0.5) is 11.4 Å². The molecule has 11 heteroatoms. The van der Waals surface area contributed by atoms with Crippen molar-refractivity contribution in [3.05, 3.63) is 84.8 Å². The van der Waals surface area contributed by atoms with Gasteiger partial charge in [-0.1, -0.05) is 13.8 Å². The monoisotopic (exact) mass is 610 g/mol. The molecule has 0 saturated carbocycles. The van der Waals surface area contributed by atoms with Crippen molar-refractivity contribution in [2.45, 2.75) is 26.4 Å². The Kier molecular flexibility index (Phi) is 10.1. The van der Waals surface area contributed by atoms with Crippen molar-refractivity contribution >= 4 is 28.4 Å². The van der Waals surface area contributed by atoms with Crippen molar-refractivity contribution < 1.29 is 23.7 Å². The second-order valence-corrected chi connectivity index (χ2v) is 10.6. The van der Waals surface area contributed by atoms with Crippen molar-refractivity contribution in [3.8, 4) is 28.5 Å². The van der Waals surface area contributed by atoms with E-state index in [-0.39, 0.29) is 5.97 Å². The van der Waals surface area contributed by atoms with Gasteiger partial charge in [0.05, 0.1) is 62.6 Å². The number of ether oxygens (including phenoxy) is 4. The Morgan fingerprint density at radius 1 is 0.889 bits per heavy atom. The SMILES string of the molecule is COC(=O)c1ccc(OCCn2cc(-c3cnc4ccc(N(CCNC(C)C)c5cc(OC)cc(OC)c5)cc4n3)cn2)cc1. The van der Waals surface area contributed by atoms with Crippen molar-refractivity contribution in [1.29, 1.82) is 0 Å². The molecule has 5 aromatic rings. The standard InChI is InChI=1S/C34H38N6O5/c1-23(2)35-12-13-40(27-16-29(42-3)19-30(17-27)43-4)26-8-11-31-32(18-26)38-33(21-36-31)25-20-37-39(22-25)14-15-45-28-9-6-24(7-10-28)34(41)44-5/h6-11,16-23,35H,12-15H2,1-5H3. The maximum Gasteiger partial charge on any atom is 0.337 e. The topological polar surface area (TPSA) is 113 Å². The van der Waals surface area contributed by atoms with E-state index in [1.165, 1.54) is 7.11 Å². The molecule has 0 bridgehead atoms. The first-order chi connectivity index (χ1) is 21.9. The number of fused-ring (bicyclic) bond motifs is 1. The fourth-order valence-electron chi connectivity index (χ4n) is 4.81. The molecule has 0 radical (unpaired) electrons. The number of nitrogens with one attached hydrogen (secondary N) is 1. The van der Waals surface area contributed by atoms with E-state index in [2.05, 4.69) is 46.3 Å². The number of methoxy groups -OCH3 is 3. The molecule has 0 saturated heterocycles. The molecule has 0 amide bonds. The average Bonchev–Trinajstić information content (AvgIpc) is 3.54. The van der Waals surface area contributed by atoms with Crippen molar-refractivity contribution in [1.82, 2.24) is 25.1 Å². The van der Waals surface area contributed by atoms with Gasteiger partial charge in [0.2, 0.25) is 0 Å². The lowest BCUT2D eigenvalue weighted by Crippen LogP contribution is -2.32. The number of carbonyl (C=O) groups is 1. The Balaban J connectivity index is 1.33. The Morgan fingerprint density at radius 3 is 2.33 bits per heavy atom. The maximum absolute atomic E-state index is 11.6. The van der Waals surface area contributed by atoms with E-state index in [1.54, 1.807) is 55.6 Å². The molecule has 0 fully saturated rings. The zero-order chi connectivity index (χ0) is 31.8. The smallest absolute Gasteiger partial charge is 0.337 e. The summed E-state index contributed by atoms with van der Waals surface area (Å²) in [7, 11) is 4.66. The minimum atomic E-state index is -0.382. The summed E-state index contributed by atoms with van der Waals surface area (Å²) >= 11 is 0. The molecule has 11 nitrogen and oxygen atoms in total. The lowest BCUT2D eigenvalue weighted by atomic mass is 10.2. The zero-order valence-electron chi connectivity index (χ0n) is 26.2. The van der Waals surface area contributed by atoms with Crippen LogP contribution in [0.25, 0.3) is 22.3 Å². The zero-order valence-corrected chi connectivity index (χ0v) is 26.2. The fourth-order valence-corrected chi connectivity index (χ4v) is 4.81. The van der Waals surface area contributed by atoms with Crippen LogP contribution in [-0.4, -0.2) is 72.8 Å². The third-order valence-corrected chi connectivity index (χ3v) is 7.17. The van der Waals surface area contributed by atoms with Crippen LogP contribution in [0.1, 0.15) is 24.2 Å². The Bertz CT molecular complexity index is 1720. The lowest BCUT2D eigenvalue weighted by molar-refractivity contribution is 0.0600. The summed E-state index contributed by atoms with van der Waals surface area (Å²) < 4.78 is 23.5. The third-order valence-electron chi connectivity index (χ3n) is 7.17. The predicted octanol–water partition coefficient (Wildman–Crippen LogP) is 5.51. The van der Waals surface area contributed by atoms with Gasteiger partial charge in [0.15, 0.2) is 0 Å². The Hall–Kier alpha value is -5.16. The quantitative estimate of drug-likeness (QED) is 0.162. The van der Waals surface area contributed by atoms with Crippen LogP contribution in [0.3, 0.4) is 0 Å². The first kappa shape index (κ1) is 31.3. The number of hydrogen-bond acceptors (Lipinski definition) is 10. The third kappa shape index (κ3) is 7.87. The average molecular weight is 611 g/mol. The Labute approximate surface area is 262 Å². The van der Waals surface area contributed by atoms with E-state index in [1.807, 2.05) is 30.5 Å². The summed E-state index contributed by atoms with van der Waals surface area (Å²) in [6.07, 6.45) is 5.47. The summed E-state index contributed by atoms with van der Waals surface area (Å²) in [6, 6.07) is 19.2. The predicted molar refractivity (Wildman–Crippen MR) is 174 cm³/mol. The van der Waals surface area contributed by atoms with Crippen LogP contribution in [0.2, 0.25) is 0 Å². The van der Waals surface area contributed by atoms with Gasteiger partial charge in [-0.2, -0.15) is 5.10 Å². The molecule has 0 aliphatic heterocycles. The van der Waals surface area contributed by atoms with Gasteiger partial charge in [-0.25, -0.2) is 9.78 Å². The second-order valence-electron chi connectivity index (χ2n) is 10.6. The van der Waals surface area contributed by atoms with E-state index in [4.69, 9.17) is 23.9 Å². The molecule has 2 heterocycles. The van der Waals surface area contributed by atoms with Crippen LogP contribution >= 0.6 is 0 Å².